The van der Waals surface area contributed by atoms with Gasteiger partial charge in [-0.05, 0) is 70.6 Å². The molecular weight excluding hydrogens is 655 g/mol. The molecule has 0 radical (unpaired) electrons. The molecule has 0 rings (SSSR count). The molecule has 0 saturated carbocycles. The average Bonchev–Trinajstić information content (AvgIpc) is 3.15. The third-order valence-corrected chi connectivity index (χ3v) is 10.3. The van der Waals surface area contributed by atoms with Crippen molar-refractivity contribution < 1.29 is 20.1 Å². The summed E-state index contributed by atoms with van der Waals surface area (Å²) in [5.41, 5.74) is 0. The number of allylic oxidation sites excluding steroid dienone is 7. The maximum atomic E-state index is 12.4. The Morgan fingerprint density at radius 1 is 0.472 bits per heavy atom. The van der Waals surface area contributed by atoms with Crippen molar-refractivity contribution in [2.75, 3.05) is 6.61 Å². The minimum atomic E-state index is -0.960. The van der Waals surface area contributed by atoms with Crippen LogP contribution in [-0.2, 0) is 4.79 Å². The molecule has 0 aromatic carbocycles. The largest absolute Gasteiger partial charge is 0.394 e. The van der Waals surface area contributed by atoms with E-state index >= 15 is 0 Å². The van der Waals surface area contributed by atoms with Crippen molar-refractivity contribution in [3.63, 3.8) is 0 Å². The Labute approximate surface area is 329 Å². The molecule has 0 fully saturated rings. The molecule has 53 heavy (non-hydrogen) atoms. The van der Waals surface area contributed by atoms with Crippen molar-refractivity contribution in [1.82, 2.24) is 5.32 Å². The number of hydrogen-bond donors (Lipinski definition) is 4. The molecular formula is C48H89NO4. The monoisotopic (exact) mass is 744 g/mol. The fraction of sp³-hybridized carbons (Fsp3) is 0.812. The van der Waals surface area contributed by atoms with Crippen molar-refractivity contribution in [3.05, 3.63) is 48.6 Å². The van der Waals surface area contributed by atoms with E-state index in [-0.39, 0.29) is 18.9 Å². The summed E-state index contributed by atoms with van der Waals surface area (Å²) >= 11 is 0. The van der Waals surface area contributed by atoms with Gasteiger partial charge in [0, 0.05) is 0 Å². The standard InChI is InChI=1S/C48H89NO4/c1-3-5-7-9-11-13-15-17-19-20-21-22-23-24-25-26-27-28-29-31-33-35-37-39-41-45(51)43-48(53)49-46(44-50)47(52)42-40-38-36-34-32-30-18-16-14-12-10-8-6-4-2/h14,16,24-25,32,34,40,42,45-47,50-52H,3-13,15,17-23,26-31,33,35-39,41,43-44H2,1-2H3,(H,49,53)/b16-14+,25-24-,34-32+,42-40+. The van der Waals surface area contributed by atoms with Gasteiger partial charge in [-0.3, -0.25) is 4.79 Å². The highest BCUT2D eigenvalue weighted by Crippen LogP contribution is 2.15. The third kappa shape index (κ3) is 39.8. The molecule has 0 aromatic heterocycles. The first-order valence-electron chi connectivity index (χ1n) is 22.9. The van der Waals surface area contributed by atoms with E-state index in [0.29, 0.717) is 6.42 Å². The van der Waals surface area contributed by atoms with Crippen LogP contribution in [0.25, 0.3) is 0 Å². The van der Waals surface area contributed by atoms with Gasteiger partial charge in [0.15, 0.2) is 0 Å². The first kappa shape index (κ1) is 51.3. The Hall–Kier alpha value is -1.69. The van der Waals surface area contributed by atoms with Crippen LogP contribution in [0.2, 0.25) is 0 Å². The zero-order chi connectivity index (χ0) is 38.7. The van der Waals surface area contributed by atoms with Gasteiger partial charge in [0.25, 0.3) is 0 Å². The Morgan fingerprint density at radius 2 is 0.811 bits per heavy atom. The van der Waals surface area contributed by atoms with Crippen LogP contribution in [0.1, 0.15) is 226 Å². The number of aliphatic hydroxyl groups excluding tert-OH is 3. The molecule has 0 saturated heterocycles. The lowest BCUT2D eigenvalue weighted by Crippen LogP contribution is -2.45. The molecule has 4 N–H and O–H groups in total. The van der Waals surface area contributed by atoms with E-state index in [1.54, 1.807) is 6.08 Å². The molecule has 0 bridgehead atoms. The van der Waals surface area contributed by atoms with Gasteiger partial charge < -0.3 is 20.6 Å². The van der Waals surface area contributed by atoms with Gasteiger partial charge in [-0.25, -0.2) is 0 Å². The van der Waals surface area contributed by atoms with Crippen LogP contribution < -0.4 is 5.32 Å². The molecule has 5 heteroatoms. The van der Waals surface area contributed by atoms with E-state index in [2.05, 4.69) is 55.6 Å². The van der Waals surface area contributed by atoms with Crippen LogP contribution in [-0.4, -0.2) is 46.1 Å². The number of rotatable bonds is 41. The number of hydrogen-bond acceptors (Lipinski definition) is 4. The highest BCUT2D eigenvalue weighted by atomic mass is 16.3. The van der Waals surface area contributed by atoms with Crippen LogP contribution in [0, 0.1) is 0 Å². The summed E-state index contributed by atoms with van der Waals surface area (Å²) in [7, 11) is 0. The Kier molecular flexibility index (Phi) is 41.7. The third-order valence-electron chi connectivity index (χ3n) is 10.3. The quantitative estimate of drug-likeness (QED) is 0.0371. The number of amides is 1. The summed E-state index contributed by atoms with van der Waals surface area (Å²) in [6.07, 6.45) is 55.5. The van der Waals surface area contributed by atoms with E-state index in [0.717, 1.165) is 38.5 Å². The predicted molar refractivity (Wildman–Crippen MR) is 231 cm³/mol. The molecule has 0 aliphatic rings. The highest BCUT2D eigenvalue weighted by Gasteiger charge is 2.20. The lowest BCUT2D eigenvalue weighted by atomic mass is 10.0. The molecule has 0 heterocycles. The van der Waals surface area contributed by atoms with Crippen molar-refractivity contribution in [3.8, 4) is 0 Å². The number of unbranched alkanes of at least 4 members (excludes halogenated alkanes) is 26. The summed E-state index contributed by atoms with van der Waals surface area (Å²) in [4.78, 5) is 12.4. The Morgan fingerprint density at radius 3 is 1.23 bits per heavy atom. The molecule has 310 valence electrons. The van der Waals surface area contributed by atoms with Crippen LogP contribution >= 0.6 is 0 Å². The number of aliphatic hydroxyl groups is 3. The molecule has 0 aromatic rings. The zero-order valence-corrected chi connectivity index (χ0v) is 35.1. The van der Waals surface area contributed by atoms with E-state index < -0.39 is 18.2 Å². The second-order valence-electron chi connectivity index (χ2n) is 15.6. The van der Waals surface area contributed by atoms with E-state index in [1.807, 2.05) is 6.08 Å². The summed E-state index contributed by atoms with van der Waals surface area (Å²) in [6, 6.07) is -0.768. The summed E-state index contributed by atoms with van der Waals surface area (Å²) in [5, 5.41) is 33.2. The number of nitrogens with one attached hydrogen (secondary N) is 1. The fourth-order valence-corrected chi connectivity index (χ4v) is 6.78. The van der Waals surface area contributed by atoms with Crippen LogP contribution in [0.15, 0.2) is 48.6 Å². The van der Waals surface area contributed by atoms with Crippen molar-refractivity contribution in [2.45, 2.75) is 244 Å². The fourth-order valence-electron chi connectivity index (χ4n) is 6.78. The SMILES string of the molecule is CCCCCC/C=C/CC/C=C/CC/C=C/C(O)C(CO)NC(=O)CC(O)CCCCCCCCCC/C=C\CCCCCCCCCCCCCC. The van der Waals surface area contributed by atoms with Gasteiger partial charge in [-0.15, -0.1) is 0 Å². The van der Waals surface area contributed by atoms with Crippen LogP contribution in [0.3, 0.4) is 0 Å². The lowest BCUT2D eigenvalue weighted by Gasteiger charge is -2.21. The summed E-state index contributed by atoms with van der Waals surface area (Å²) in [5.74, 6) is -0.332. The second kappa shape index (κ2) is 43.0. The second-order valence-corrected chi connectivity index (χ2v) is 15.6. The van der Waals surface area contributed by atoms with Gasteiger partial charge in [-0.1, -0.05) is 197 Å². The Bertz CT molecular complexity index is 866. The van der Waals surface area contributed by atoms with Gasteiger partial charge in [0.2, 0.25) is 5.91 Å². The van der Waals surface area contributed by atoms with E-state index in [4.69, 9.17) is 0 Å². The van der Waals surface area contributed by atoms with Gasteiger partial charge >= 0.3 is 0 Å². The van der Waals surface area contributed by atoms with Crippen LogP contribution in [0.4, 0.5) is 0 Å². The molecule has 0 aliphatic heterocycles. The summed E-state index contributed by atoms with van der Waals surface area (Å²) in [6.45, 7) is 4.18. The molecule has 3 atom stereocenters. The highest BCUT2D eigenvalue weighted by molar-refractivity contribution is 5.76. The Balaban J connectivity index is 3.66. The number of carbonyl (C=O) groups excluding carboxylic acids is 1. The van der Waals surface area contributed by atoms with Gasteiger partial charge in [-0.2, -0.15) is 0 Å². The zero-order valence-electron chi connectivity index (χ0n) is 35.1. The summed E-state index contributed by atoms with van der Waals surface area (Å²) < 4.78 is 0. The maximum Gasteiger partial charge on any atom is 0.222 e. The normalized spacial score (nSPS) is 14.0. The lowest BCUT2D eigenvalue weighted by molar-refractivity contribution is -0.124. The van der Waals surface area contributed by atoms with Gasteiger partial charge in [0.05, 0.1) is 31.3 Å². The van der Waals surface area contributed by atoms with Crippen molar-refractivity contribution in [1.29, 1.82) is 0 Å². The van der Waals surface area contributed by atoms with Crippen molar-refractivity contribution in [2.24, 2.45) is 0 Å². The minimum Gasteiger partial charge on any atom is -0.394 e. The molecule has 5 nitrogen and oxygen atoms in total. The van der Waals surface area contributed by atoms with Gasteiger partial charge in [0.1, 0.15) is 0 Å². The first-order chi connectivity index (χ1) is 26.0. The first-order valence-corrected chi connectivity index (χ1v) is 22.9. The topological polar surface area (TPSA) is 89.8 Å². The molecule has 3 unspecified atom stereocenters. The minimum absolute atomic E-state index is 0.000418. The maximum absolute atomic E-state index is 12.4. The predicted octanol–water partition coefficient (Wildman–Crippen LogP) is 13.3. The smallest absolute Gasteiger partial charge is 0.222 e. The van der Waals surface area contributed by atoms with Crippen molar-refractivity contribution >= 4 is 5.91 Å². The van der Waals surface area contributed by atoms with Crippen LogP contribution in [0.5, 0.6) is 0 Å². The molecule has 1 amide bonds. The molecule has 0 spiro atoms. The average molecular weight is 744 g/mol. The number of carbonyl (C=O) groups is 1. The molecule has 0 aliphatic carbocycles. The van der Waals surface area contributed by atoms with E-state index in [9.17, 15) is 20.1 Å². The van der Waals surface area contributed by atoms with E-state index in [1.165, 1.54) is 161 Å².